The molecule has 0 heterocycles. The number of likely N-dealkylation sites (N-methyl/N-ethyl adjacent to an activating group) is 1. The molecule has 61 heavy (non-hydrogen) atoms. The van der Waals surface area contributed by atoms with Crippen molar-refractivity contribution in [2.45, 2.75) is 258 Å². The third-order valence-electron chi connectivity index (χ3n) is 11.5. The van der Waals surface area contributed by atoms with E-state index < -0.39 is 26.5 Å². The van der Waals surface area contributed by atoms with Crippen LogP contribution in [0.3, 0.4) is 0 Å². The molecule has 0 spiro atoms. The number of unbranched alkanes of at least 4 members (excludes halogenated alkanes) is 32. The van der Waals surface area contributed by atoms with Crippen LogP contribution in [0.25, 0.3) is 0 Å². The molecule has 2 unspecified atom stereocenters. The lowest BCUT2D eigenvalue weighted by molar-refractivity contribution is -0.870. The van der Waals surface area contributed by atoms with Crippen molar-refractivity contribution in [1.82, 2.24) is 0 Å². The Morgan fingerprint density at radius 3 is 1.21 bits per heavy atom. The Kier molecular flexibility index (Phi) is 43.1. The van der Waals surface area contributed by atoms with Crippen molar-refractivity contribution in [1.29, 1.82) is 0 Å². The molecule has 362 valence electrons. The summed E-state index contributed by atoms with van der Waals surface area (Å²) in [4.78, 5) is 37.6. The third kappa shape index (κ3) is 48.1. The normalized spacial score (nSPS) is 13.5. The predicted molar refractivity (Wildman–Crippen MR) is 255 cm³/mol. The Bertz CT molecular complexity index is 1050. The summed E-state index contributed by atoms with van der Waals surface area (Å²) >= 11 is 0. The zero-order chi connectivity index (χ0) is 45.0. The van der Waals surface area contributed by atoms with Crippen molar-refractivity contribution in [2.24, 2.45) is 0 Å². The second kappa shape index (κ2) is 44.0. The SMILES string of the molecule is CCCCCCCCCC/C=C\CCCCCCCCCCCCCCCC(=O)OC(COC(=O)CCCCCCCCCCCCCC)COP(=O)([O-])OCC[N+](C)(C)C. The first-order valence-corrected chi connectivity index (χ1v) is 27.4. The molecule has 0 aliphatic heterocycles. The van der Waals surface area contributed by atoms with Crippen molar-refractivity contribution in [3.05, 3.63) is 12.2 Å². The highest BCUT2D eigenvalue weighted by Gasteiger charge is 2.21. The van der Waals surface area contributed by atoms with Crippen LogP contribution >= 0.6 is 7.82 Å². The van der Waals surface area contributed by atoms with Crippen molar-refractivity contribution in [3.63, 3.8) is 0 Å². The van der Waals surface area contributed by atoms with Gasteiger partial charge in [-0.25, -0.2) is 0 Å². The number of carbonyl (C=O) groups excluding carboxylic acids is 2. The van der Waals surface area contributed by atoms with Crippen LogP contribution in [0.2, 0.25) is 0 Å². The minimum Gasteiger partial charge on any atom is -0.756 e. The number of hydrogen-bond donors (Lipinski definition) is 0. The number of quaternary nitrogens is 1. The van der Waals surface area contributed by atoms with Gasteiger partial charge in [-0.3, -0.25) is 14.2 Å². The molecule has 0 bridgehead atoms. The van der Waals surface area contributed by atoms with Crippen LogP contribution in [0, 0.1) is 0 Å². The van der Waals surface area contributed by atoms with Gasteiger partial charge in [0.25, 0.3) is 7.82 Å². The molecule has 10 heteroatoms. The van der Waals surface area contributed by atoms with Crippen LogP contribution in [0.1, 0.15) is 251 Å². The Morgan fingerprint density at radius 1 is 0.492 bits per heavy atom. The van der Waals surface area contributed by atoms with Crippen molar-refractivity contribution >= 4 is 19.8 Å². The second-order valence-corrected chi connectivity index (χ2v) is 20.3. The molecule has 9 nitrogen and oxygen atoms in total. The number of rotatable bonds is 48. The number of ether oxygens (including phenoxy) is 2. The number of esters is 2. The fraction of sp³-hybridized carbons (Fsp3) is 0.922. The van der Waals surface area contributed by atoms with Crippen LogP contribution in [-0.4, -0.2) is 70.0 Å². The fourth-order valence-corrected chi connectivity index (χ4v) is 8.20. The Hall–Kier alpha value is -1.25. The minimum atomic E-state index is -4.62. The minimum absolute atomic E-state index is 0.0271. The van der Waals surface area contributed by atoms with E-state index in [-0.39, 0.29) is 32.0 Å². The van der Waals surface area contributed by atoms with Crippen LogP contribution in [0.5, 0.6) is 0 Å². The first-order valence-electron chi connectivity index (χ1n) is 25.9. The summed E-state index contributed by atoms with van der Waals surface area (Å²) in [7, 11) is 1.18. The largest absolute Gasteiger partial charge is 0.756 e. The van der Waals surface area contributed by atoms with Gasteiger partial charge in [-0.05, 0) is 38.5 Å². The van der Waals surface area contributed by atoms with Crippen molar-refractivity contribution < 1.29 is 42.1 Å². The Balaban J connectivity index is 4.13. The first-order chi connectivity index (χ1) is 29.5. The molecule has 0 saturated carbocycles. The van der Waals surface area contributed by atoms with E-state index in [2.05, 4.69) is 26.0 Å². The zero-order valence-corrected chi connectivity index (χ0v) is 41.8. The average molecular weight is 886 g/mol. The highest BCUT2D eigenvalue weighted by molar-refractivity contribution is 7.45. The highest BCUT2D eigenvalue weighted by atomic mass is 31.2. The van der Waals surface area contributed by atoms with Gasteiger partial charge in [-0.15, -0.1) is 0 Å². The summed E-state index contributed by atoms with van der Waals surface area (Å²) in [5, 5.41) is 0. The van der Waals surface area contributed by atoms with E-state index >= 15 is 0 Å². The molecule has 0 aromatic heterocycles. The fourth-order valence-electron chi connectivity index (χ4n) is 7.48. The lowest BCUT2D eigenvalue weighted by Crippen LogP contribution is -2.37. The molecule has 0 saturated heterocycles. The van der Waals surface area contributed by atoms with Crippen LogP contribution in [-0.2, 0) is 32.7 Å². The van der Waals surface area contributed by atoms with Gasteiger partial charge in [0.2, 0.25) is 0 Å². The van der Waals surface area contributed by atoms with E-state index in [4.69, 9.17) is 18.5 Å². The van der Waals surface area contributed by atoms with E-state index in [0.29, 0.717) is 17.4 Å². The van der Waals surface area contributed by atoms with Gasteiger partial charge in [0.15, 0.2) is 6.10 Å². The molecule has 0 radical (unpaired) electrons. The van der Waals surface area contributed by atoms with Crippen LogP contribution < -0.4 is 4.89 Å². The van der Waals surface area contributed by atoms with Gasteiger partial charge in [0.1, 0.15) is 19.8 Å². The monoisotopic (exact) mass is 886 g/mol. The number of allylic oxidation sites excluding steroid dienone is 2. The molecule has 0 N–H and O–H groups in total. The lowest BCUT2D eigenvalue weighted by atomic mass is 10.0. The maximum Gasteiger partial charge on any atom is 0.306 e. The summed E-state index contributed by atoms with van der Waals surface area (Å²) < 4.78 is 34.0. The molecule has 0 amide bonds. The van der Waals surface area contributed by atoms with Gasteiger partial charge < -0.3 is 27.9 Å². The number of carbonyl (C=O) groups is 2. The van der Waals surface area contributed by atoms with E-state index in [0.717, 1.165) is 32.1 Å². The highest BCUT2D eigenvalue weighted by Crippen LogP contribution is 2.38. The molecule has 0 aromatic carbocycles. The summed E-state index contributed by atoms with van der Waals surface area (Å²) in [6.45, 7) is 4.26. The molecular weight excluding hydrogens is 786 g/mol. The maximum absolute atomic E-state index is 12.7. The number of phosphoric acid groups is 1. The standard InChI is InChI=1S/C51H100NO8P/c1-6-8-10-12-14-16-18-20-21-22-23-24-25-26-27-28-29-30-31-32-34-36-38-40-42-44-51(54)60-49(48-59-61(55,56)58-46-45-52(3,4)5)47-57-50(53)43-41-39-37-35-33-19-17-15-13-11-9-7-2/h22-23,49H,6-21,24-48H2,1-5H3/b23-22-. The van der Waals surface area contributed by atoms with E-state index in [9.17, 15) is 19.0 Å². The van der Waals surface area contributed by atoms with Crippen molar-refractivity contribution in [3.8, 4) is 0 Å². The predicted octanol–water partition coefficient (Wildman–Crippen LogP) is 14.7. The number of hydrogen-bond acceptors (Lipinski definition) is 8. The van der Waals surface area contributed by atoms with E-state index in [1.807, 2.05) is 21.1 Å². The zero-order valence-electron chi connectivity index (χ0n) is 40.9. The molecule has 0 fully saturated rings. The number of nitrogens with zero attached hydrogens (tertiary/aromatic N) is 1. The molecule has 0 aliphatic rings. The Morgan fingerprint density at radius 2 is 0.836 bits per heavy atom. The third-order valence-corrected chi connectivity index (χ3v) is 12.5. The first kappa shape index (κ1) is 59.8. The second-order valence-electron chi connectivity index (χ2n) is 18.9. The molecule has 0 aromatic rings. The Labute approximate surface area is 377 Å². The summed E-state index contributed by atoms with van der Waals surface area (Å²) in [6.07, 6.45) is 48.2. The smallest absolute Gasteiger partial charge is 0.306 e. The van der Waals surface area contributed by atoms with Crippen LogP contribution in [0.15, 0.2) is 12.2 Å². The number of phosphoric ester groups is 1. The maximum atomic E-state index is 12.7. The summed E-state index contributed by atoms with van der Waals surface area (Å²) in [5.74, 6) is -0.821. The van der Waals surface area contributed by atoms with E-state index in [1.54, 1.807) is 0 Å². The lowest BCUT2D eigenvalue weighted by Gasteiger charge is -2.28. The molecule has 2 atom stereocenters. The van der Waals surface area contributed by atoms with Crippen LogP contribution in [0.4, 0.5) is 0 Å². The van der Waals surface area contributed by atoms with E-state index in [1.165, 1.54) is 186 Å². The van der Waals surface area contributed by atoms with Gasteiger partial charge in [-0.1, -0.05) is 212 Å². The van der Waals surface area contributed by atoms with Gasteiger partial charge in [-0.2, -0.15) is 0 Å². The summed E-state index contributed by atoms with van der Waals surface area (Å²) in [6, 6.07) is 0. The molecule has 0 rings (SSSR count). The average Bonchev–Trinajstić information content (AvgIpc) is 3.21. The topological polar surface area (TPSA) is 111 Å². The van der Waals surface area contributed by atoms with Gasteiger partial charge >= 0.3 is 11.9 Å². The van der Waals surface area contributed by atoms with Gasteiger partial charge in [0, 0.05) is 12.8 Å². The van der Waals surface area contributed by atoms with Crippen molar-refractivity contribution in [2.75, 3.05) is 47.5 Å². The summed E-state index contributed by atoms with van der Waals surface area (Å²) in [5.41, 5.74) is 0. The van der Waals surface area contributed by atoms with Gasteiger partial charge in [0.05, 0.1) is 27.7 Å². The molecular formula is C51H100NO8P. The molecule has 0 aliphatic carbocycles. The quantitative estimate of drug-likeness (QED) is 0.0195.